The van der Waals surface area contributed by atoms with Gasteiger partial charge < -0.3 is 5.32 Å². The third-order valence-electron chi connectivity index (χ3n) is 4.97. The molecular formula is C11H19NO. The van der Waals surface area contributed by atoms with Gasteiger partial charge in [-0.2, -0.15) is 0 Å². The van der Waals surface area contributed by atoms with Crippen molar-refractivity contribution in [1.29, 1.82) is 0 Å². The molecule has 0 spiro atoms. The van der Waals surface area contributed by atoms with Gasteiger partial charge >= 0.3 is 0 Å². The number of hydrogen-bond acceptors (Lipinski definition) is 1. The summed E-state index contributed by atoms with van der Waals surface area (Å²) in [4.78, 5) is 10.6. The Labute approximate surface area is 80.1 Å². The van der Waals surface area contributed by atoms with E-state index in [4.69, 9.17) is 0 Å². The largest absolute Gasteiger partial charge is 0.353 e. The molecular weight excluding hydrogens is 162 g/mol. The van der Waals surface area contributed by atoms with Crippen molar-refractivity contribution in [2.24, 2.45) is 17.3 Å². The Kier molecular flexibility index (Phi) is 1.73. The summed E-state index contributed by atoms with van der Waals surface area (Å²) in [6.07, 6.45) is 4.84. The average Bonchev–Trinajstić information content (AvgIpc) is 2.56. The van der Waals surface area contributed by atoms with Crippen molar-refractivity contribution >= 4 is 6.41 Å². The molecule has 74 valence electrons. The SMILES string of the molecule is CC1(C)[C@H]2CC[C@H](C2)C1(C)NC=O. The lowest BCUT2D eigenvalue weighted by Crippen LogP contribution is -2.56. The summed E-state index contributed by atoms with van der Waals surface area (Å²) >= 11 is 0. The van der Waals surface area contributed by atoms with Crippen LogP contribution in [0.5, 0.6) is 0 Å². The molecule has 0 heterocycles. The van der Waals surface area contributed by atoms with E-state index in [1.165, 1.54) is 19.3 Å². The summed E-state index contributed by atoms with van der Waals surface area (Å²) in [6, 6.07) is 0. The van der Waals surface area contributed by atoms with Crippen molar-refractivity contribution in [2.75, 3.05) is 0 Å². The van der Waals surface area contributed by atoms with Crippen molar-refractivity contribution in [3.05, 3.63) is 0 Å². The Hall–Kier alpha value is -0.530. The van der Waals surface area contributed by atoms with Crippen molar-refractivity contribution in [3.63, 3.8) is 0 Å². The van der Waals surface area contributed by atoms with Crippen LogP contribution >= 0.6 is 0 Å². The first-order valence-corrected chi connectivity index (χ1v) is 5.23. The molecule has 13 heavy (non-hydrogen) atoms. The highest BCUT2D eigenvalue weighted by Crippen LogP contribution is 2.61. The van der Waals surface area contributed by atoms with Gasteiger partial charge in [-0.25, -0.2) is 0 Å². The minimum absolute atomic E-state index is 0.0394. The summed E-state index contributed by atoms with van der Waals surface area (Å²) in [6.45, 7) is 6.81. The van der Waals surface area contributed by atoms with Gasteiger partial charge in [0.25, 0.3) is 0 Å². The highest BCUT2D eigenvalue weighted by Gasteiger charge is 2.60. The molecule has 2 bridgehead atoms. The van der Waals surface area contributed by atoms with E-state index in [1.807, 2.05) is 0 Å². The van der Waals surface area contributed by atoms with Gasteiger partial charge in [0.15, 0.2) is 0 Å². The first kappa shape index (κ1) is 9.04. The van der Waals surface area contributed by atoms with Crippen LogP contribution in [0.4, 0.5) is 0 Å². The van der Waals surface area contributed by atoms with Crippen LogP contribution in [0.25, 0.3) is 0 Å². The molecule has 3 atom stereocenters. The highest BCUT2D eigenvalue weighted by molar-refractivity contribution is 5.49. The van der Waals surface area contributed by atoms with Gasteiger partial charge in [0, 0.05) is 5.54 Å². The zero-order chi connectivity index (χ0) is 9.69. The number of carbonyl (C=O) groups excluding carboxylic acids is 1. The summed E-state index contributed by atoms with van der Waals surface area (Å²) in [5.41, 5.74) is 0.314. The predicted molar refractivity (Wildman–Crippen MR) is 52.2 cm³/mol. The summed E-state index contributed by atoms with van der Waals surface area (Å²) < 4.78 is 0. The fraction of sp³-hybridized carbons (Fsp3) is 0.909. The number of rotatable bonds is 2. The molecule has 0 aromatic carbocycles. The lowest BCUT2D eigenvalue weighted by Gasteiger charge is -2.47. The molecule has 1 unspecified atom stereocenters. The van der Waals surface area contributed by atoms with Crippen LogP contribution in [0, 0.1) is 17.3 Å². The van der Waals surface area contributed by atoms with Crippen molar-refractivity contribution < 1.29 is 4.79 Å². The van der Waals surface area contributed by atoms with Gasteiger partial charge in [-0.15, -0.1) is 0 Å². The van der Waals surface area contributed by atoms with Gasteiger partial charge in [0.2, 0.25) is 6.41 Å². The van der Waals surface area contributed by atoms with Crippen LogP contribution in [0.1, 0.15) is 40.0 Å². The van der Waals surface area contributed by atoms with Gasteiger partial charge in [-0.05, 0) is 43.4 Å². The Balaban J connectivity index is 2.32. The van der Waals surface area contributed by atoms with E-state index in [-0.39, 0.29) is 11.0 Å². The average molecular weight is 181 g/mol. The number of hydrogen-bond donors (Lipinski definition) is 1. The fourth-order valence-corrected chi connectivity index (χ4v) is 3.54. The molecule has 2 aliphatic carbocycles. The molecule has 1 N–H and O–H groups in total. The molecule has 2 heteroatoms. The molecule has 2 fully saturated rings. The number of amides is 1. The zero-order valence-corrected chi connectivity index (χ0v) is 8.76. The molecule has 0 aromatic rings. The van der Waals surface area contributed by atoms with E-state index in [2.05, 4.69) is 26.1 Å². The van der Waals surface area contributed by atoms with E-state index in [9.17, 15) is 4.79 Å². The summed E-state index contributed by atoms with van der Waals surface area (Å²) in [5, 5.41) is 3.06. The molecule has 0 saturated heterocycles. The van der Waals surface area contributed by atoms with Gasteiger partial charge in [0.05, 0.1) is 0 Å². The Morgan fingerprint density at radius 3 is 2.31 bits per heavy atom. The maximum Gasteiger partial charge on any atom is 0.207 e. The minimum atomic E-state index is 0.0394. The Morgan fingerprint density at radius 2 is 1.85 bits per heavy atom. The fourth-order valence-electron chi connectivity index (χ4n) is 3.54. The molecule has 2 aliphatic rings. The maximum atomic E-state index is 10.6. The molecule has 2 saturated carbocycles. The monoisotopic (exact) mass is 181 g/mol. The van der Waals surface area contributed by atoms with Crippen LogP contribution in [0.2, 0.25) is 0 Å². The topological polar surface area (TPSA) is 29.1 Å². The maximum absolute atomic E-state index is 10.6. The van der Waals surface area contributed by atoms with Crippen molar-refractivity contribution in [3.8, 4) is 0 Å². The van der Waals surface area contributed by atoms with Crippen molar-refractivity contribution in [2.45, 2.75) is 45.6 Å². The zero-order valence-electron chi connectivity index (χ0n) is 8.76. The molecule has 0 aromatic heterocycles. The highest BCUT2D eigenvalue weighted by atomic mass is 16.1. The Morgan fingerprint density at radius 1 is 1.23 bits per heavy atom. The first-order valence-electron chi connectivity index (χ1n) is 5.23. The standard InChI is InChI=1S/C11H19NO/c1-10(2)8-4-5-9(6-8)11(10,3)12-7-13/h7-9H,4-6H2,1-3H3,(H,12,13)/t8-,9+,11?/m0/s1. The lowest BCUT2D eigenvalue weighted by molar-refractivity contribution is -0.113. The van der Waals surface area contributed by atoms with E-state index in [1.54, 1.807) is 0 Å². The number of nitrogens with one attached hydrogen (secondary N) is 1. The molecule has 0 aliphatic heterocycles. The lowest BCUT2D eigenvalue weighted by atomic mass is 9.64. The van der Waals surface area contributed by atoms with Crippen LogP contribution in [0.15, 0.2) is 0 Å². The summed E-state index contributed by atoms with van der Waals surface area (Å²) in [7, 11) is 0. The van der Waals surface area contributed by atoms with Crippen LogP contribution in [-0.2, 0) is 4.79 Å². The van der Waals surface area contributed by atoms with Gasteiger partial charge in [-0.1, -0.05) is 13.8 Å². The Bertz CT molecular complexity index is 236. The van der Waals surface area contributed by atoms with Crippen molar-refractivity contribution in [1.82, 2.24) is 5.32 Å². The molecule has 1 amide bonds. The third-order valence-corrected chi connectivity index (χ3v) is 4.97. The number of fused-ring (bicyclic) bond motifs is 2. The van der Waals surface area contributed by atoms with Crippen LogP contribution in [0.3, 0.4) is 0 Å². The van der Waals surface area contributed by atoms with E-state index >= 15 is 0 Å². The normalized spacial score (nSPS) is 46.4. The summed E-state index contributed by atoms with van der Waals surface area (Å²) in [5.74, 6) is 1.52. The second-order valence-electron chi connectivity index (χ2n) is 5.39. The van der Waals surface area contributed by atoms with Crippen LogP contribution < -0.4 is 5.32 Å². The van der Waals surface area contributed by atoms with Crippen LogP contribution in [-0.4, -0.2) is 11.9 Å². The van der Waals surface area contributed by atoms with Gasteiger partial charge in [-0.3, -0.25) is 4.79 Å². The van der Waals surface area contributed by atoms with E-state index in [0.717, 1.165) is 12.3 Å². The predicted octanol–water partition coefficient (Wildman–Crippen LogP) is 1.95. The van der Waals surface area contributed by atoms with E-state index < -0.39 is 0 Å². The second-order valence-corrected chi connectivity index (χ2v) is 5.39. The molecule has 2 nitrogen and oxygen atoms in total. The molecule has 0 radical (unpaired) electrons. The minimum Gasteiger partial charge on any atom is -0.353 e. The molecule has 2 rings (SSSR count). The smallest absolute Gasteiger partial charge is 0.207 e. The third kappa shape index (κ3) is 0.918. The number of carbonyl (C=O) groups is 1. The quantitative estimate of drug-likeness (QED) is 0.648. The first-order chi connectivity index (χ1) is 6.02. The van der Waals surface area contributed by atoms with Gasteiger partial charge in [0.1, 0.15) is 0 Å². The van der Waals surface area contributed by atoms with E-state index in [0.29, 0.717) is 5.92 Å². The second kappa shape index (κ2) is 2.49.